The Bertz CT molecular complexity index is 1110. The highest BCUT2D eigenvalue weighted by Crippen LogP contribution is 2.45. The molecule has 1 aromatic heterocycles. The van der Waals surface area contributed by atoms with E-state index in [2.05, 4.69) is 39.1 Å². The minimum atomic E-state index is -0.404. The molecule has 3 fully saturated rings. The van der Waals surface area contributed by atoms with Gasteiger partial charge in [0.2, 0.25) is 5.91 Å². The van der Waals surface area contributed by atoms with Gasteiger partial charge in [-0.3, -0.25) is 9.69 Å². The van der Waals surface area contributed by atoms with Crippen LogP contribution in [0.2, 0.25) is 0 Å². The van der Waals surface area contributed by atoms with E-state index in [4.69, 9.17) is 4.74 Å². The van der Waals surface area contributed by atoms with Crippen LogP contribution in [0.3, 0.4) is 0 Å². The Morgan fingerprint density at radius 3 is 2.80 bits per heavy atom. The van der Waals surface area contributed by atoms with Gasteiger partial charge in [0.25, 0.3) is 0 Å². The summed E-state index contributed by atoms with van der Waals surface area (Å²) in [5.41, 5.74) is 1.71. The molecule has 3 aromatic rings. The summed E-state index contributed by atoms with van der Waals surface area (Å²) in [7, 11) is 0. The molecular weight excluding hydrogens is 376 g/mol. The molecule has 3 aliphatic heterocycles. The van der Waals surface area contributed by atoms with Gasteiger partial charge in [-0.05, 0) is 17.2 Å². The van der Waals surface area contributed by atoms with Gasteiger partial charge in [0, 0.05) is 56.0 Å². The molecule has 0 N–H and O–H groups in total. The summed E-state index contributed by atoms with van der Waals surface area (Å²) in [5, 5.41) is 2.35. The normalized spacial score (nSPS) is 26.2. The molecule has 6 rings (SSSR count). The predicted octanol–water partition coefficient (Wildman–Crippen LogP) is 3.22. The number of carbonyl (C=O) groups excluding carboxylic acids is 1. The lowest BCUT2D eigenvalue weighted by atomic mass is 10.0. The third kappa shape index (κ3) is 2.67. The summed E-state index contributed by atoms with van der Waals surface area (Å²) in [4.78, 5) is 26.2. The van der Waals surface area contributed by atoms with Crippen molar-refractivity contribution in [2.45, 2.75) is 37.6 Å². The molecule has 2 aromatic carbocycles. The van der Waals surface area contributed by atoms with Crippen molar-refractivity contribution < 1.29 is 9.53 Å². The van der Waals surface area contributed by atoms with E-state index in [-0.39, 0.29) is 11.9 Å². The zero-order chi connectivity index (χ0) is 20.1. The number of nitrogens with zero attached hydrogens (tertiary/aromatic N) is 4. The number of hydrogen-bond donors (Lipinski definition) is 0. The monoisotopic (exact) mass is 400 g/mol. The number of hydrogen-bond acceptors (Lipinski definition) is 5. The van der Waals surface area contributed by atoms with E-state index in [1.54, 1.807) is 0 Å². The lowest BCUT2D eigenvalue weighted by molar-refractivity contribution is -0.180. The van der Waals surface area contributed by atoms with Crippen molar-refractivity contribution in [2.75, 3.05) is 19.7 Å². The van der Waals surface area contributed by atoms with Crippen LogP contribution in [-0.2, 0) is 16.1 Å². The highest BCUT2D eigenvalue weighted by molar-refractivity contribution is 5.94. The second-order valence-electron chi connectivity index (χ2n) is 8.47. The van der Waals surface area contributed by atoms with Gasteiger partial charge < -0.3 is 9.64 Å². The first-order valence-electron chi connectivity index (χ1n) is 10.7. The maximum atomic E-state index is 12.5. The predicted molar refractivity (Wildman–Crippen MR) is 113 cm³/mol. The lowest BCUT2D eigenvalue weighted by Gasteiger charge is -2.42. The summed E-state index contributed by atoms with van der Waals surface area (Å²) in [6.07, 6.45) is 6.22. The third-order valence-electron chi connectivity index (χ3n) is 6.84. The Morgan fingerprint density at radius 1 is 1.07 bits per heavy atom. The molecule has 0 bridgehead atoms. The van der Waals surface area contributed by atoms with Crippen LogP contribution in [0.5, 0.6) is 0 Å². The van der Waals surface area contributed by atoms with Crippen molar-refractivity contribution in [3.05, 3.63) is 60.4 Å². The van der Waals surface area contributed by atoms with Crippen molar-refractivity contribution in [3.8, 4) is 11.4 Å². The second kappa shape index (κ2) is 6.86. The van der Waals surface area contributed by atoms with Crippen molar-refractivity contribution in [1.29, 1.82) is 0 Å². The first-order valence-corrected chi connectivity index (χ1v) is 10.7. The van der Waals surface area contributed by atoms with E-state index >= 15 is 0 Å². The minimum absolute atomic E-state index is 0.128. The molecule has 3 saturated heterocycles. The topological polar surface area (TPSA) is 58.6 Å². The molecule has 2 atom stereocenters. The van der Waals surface area contributed by atoms with E-state index < -0.39 is 5.72 Å². The van der Waals surface area contributed by atoms with Crippen LogP contribution in [0.25, 0.3) is 22.2 Å². The maximum Gasteiger partial charge on any atom is 0.226 e. The largest absolute Gasteiger partial charge is 0.354 e. The molecule has 0 radical (unpaired) electrons. The van der Waals surface area contributed by atoms with Gasteiger partial charge in [-0.15, -0.1) is 0 Å². The number of rotatable bonds is 3. The van der Waals surface area contributed by atoms with Crippen molar-refractivity contribution in [1.82, 2.24) is 19.8 Å². The fourth-order valence-corrected chi connectivity index (χ4v) is 5.45. The number of fused-ring (bicyclic) bond motifs is 1. The number of benzene rings is 2. The number of likely N-dealkylation sites (tertiary alicyclic amines) is 1. The van der Waals surface area contributed by atoms with E-state index in [1.807, 2.05) is 35.5 Å². The molecule has 1 amide bonds. The molecule has 6 heteroatoms. The third-order valence-corrected chi connectivity index (χ3v) is 6.84. The Kier molecular flexibility index (Phi) is 4.11. The van der Waals surface area contributed by atoms with Crippen LogP contribution in [0.15, 0.2) is 54.9 Å². The molecule has 4 heterocycles. The summed E-state index contributed by atoms with van der Waals surface area (Å²) < 4.78 is 6.20. The van der Waals surface area contributed by atoms with E-state index in [9.17, 15) is 4.79 Å². The van der Waals surface area contributed by atoms with Crippen LogP contribution in [0.1, 0.15) is 24.8 Å². The Morgan fingerprint density at radius 2 is 1.90 bits per heavy atom. The van der Waals surface area contributed by atoms with E-state index in [0.717, 1.165) is 61.4 Å². The van der Waals surface area contributed by atoms with Crippen LogP contribution >= 0.6 is 0 Å². The van der Waals surface area contributed by atoms with Crippen LogP contribution < -0.4 is 0 Å². The molecule has 6 nitrogen and oxygen atoms in total. The summed E-state index contributed by atoms with van der Waals surface area (Å²) in [6, 6.07) is 14.7. The Hall–Kier alpha value is -2.83. The molecule has 1 spiro atoms. The van der Waals surface area contributed by atoms with Gasteiger partial charge >= 0.3 is 0 Å². The van der Waals surface area contributed by atoms with Crippen LogP contribution in [0, 0.1) is 0 Å². The second-order valence-corrected chi connectivity index (χ2v) is 8.47. The van der Waals surface area contributed by atoms with Gasteiger partial charge in [-0.2, -0.15) is 0 Å². The first kappa shape index (κ1) is 18.0. The zero-order valence-electron chi connectivity index (χ0n) is 16.8. The number of carbonyl (C=O) groups is 1. The smallest absolute Gasteiger partial charge is 0.226 e. The number of ether oxygens (including phenoxy) is 1. The van der Waals surface area contributed by atoms with Gasteiger partial charge in [0.05, 0.1) is 12.6 Å². The Balaban J connectivity index is 1.24. The molecule has 3 aliphatic rings. The highest BCUT2D eigenvalue weighted by Gasteiger charge is 2.60. The van der Waals surface area contributed by atoms with E-state index in [1.165, 1.54) is 5.39 Å². The molecule has 0 aliphatic carbocycles. The van der Waals surface area contributed by atoms with Gasteiger partial charge in [-0.25, -0.2) is 9.97 Å². The molecule has 0 saturated carbocycles. The molecule has 30 heavy (non-hydrogen) atoms. The lowest BCUT2D eigenvalue weighted by Crippen LogP contribution is -2.56. The number of amides is 1. The van der Waals surface area contributed by atoms with Gasteiger partial charge in [0.15, 0.2) is 11.5 Å². The van der Waals surface area contributed by atoms with Crippen LogP contribution in [-0.4, -0.2) is 57.1 Å². The molecule has 152 valence electrons. The number of aromatic nitrogens is 2. The first-order chi connectivity index (χ1) is 14.7. The van der Waals surface area contributed by atoms with Crippen LogP contribution in [0.4, 0.5) is 0 Å². The average molecular weight is 400 g/mol. The summed E-state index contributed by atoms with van der Waals surface area (Å²) in [5.74, 6) is 0.971. The SMILES string of the molecule is O=C1C[C@H]2N(Cc3cnc(-c4cccc5ccccc45)nc3)CC[C@]23OCCCN13. The van der Waals surface area contributed by atoms with Crippen molar-refractivity contribution >= 4 is 16.7 Å². The fraction of sp³-hybridized carbons (Fsp3) is 0.375. The van der Waals surface area contributed by atoms with Crippen molar-refractivity contribution in [3.63, 3.8) is 0 Å². The maximum absolute atomic E-state index is 12.5. The Labute approximate surface area is 175 Å². The zero-order valence-corrected chi connectivity index (χ0v) is 16.8. The fourth-order valence-electron chi connectivity index (χ4n) is 5.45. The van der Waals surface area contributed by atoms with E-state index in [0.29, 0.717) is 6.42 Å². The average Bonchev–Trinajstić information content (AvgIpc) is 3.26. The minimum Gasteiger partial charge on any atom is -0.354 e. The quantitative estimate of drug-likeness (QED) is 0.676. The molecule has 0 unspecified atom stereocenters. The standard InChI is InChI=1S/C24H24N4O2/c29-22-13-21-24(28(22)10-4-12-30-24)9-11-27(21)16-17-14-25-23(26-15-17)20-8-3-6-18-5-1-2-7-19(18)20/h1-3,5-8,14-15,21H,4,9-13,16H2/t21-,24+/m1/s1. The summed E-state index contributed by atoms with van der Waals surface area (Å²) >= 11 is 0. The van der Waals surface area contributed by atoms with Gasteiger partial charge in [0.1, 0.15) is 0 Å². The summed E-state index contributed by atoms with van der Waals surface area (Å²) in [6.45, 7) is 3.25. The highest BCUT2D eigenvalue weighted by atomic mass is 16.5. The molecular formula is C24H24N4O2. The van der Waals surface area contributed by atoms with Gasteiger partial charge in [-0.1, -0.05) is 42.5 Å². The van der Waals surface area contributed by atoms with Crippen molar-refractivity contribution in [2.24, 2.45) is 0 Å².